The van der Waals surface area contributed by atoms with Crippen LogP contribution in [0.15, 0.2) is 82.4 Å². The zero-order valence-electron chi connectivity index (χ0n) is 21.3. The van der Waals surface area contributed by atoms with Gasteiger partial charge in [-0.15, -0.1) is 5.10 Å². The molecular formula is C30H29N5O3. The van der Waals surface area contributed by atoms with E-state index >= 15 is 0 Å². The molecule has 1 fully saturated rings. The summed E-state index contributed by atoms with van der Waals surface area (Å²) in [5.74, 6) is 0.0531. The van der Waals surface area contributed by atoms with Crippen molar-refractivity contribution in [2.24, 2.45) is 0 Å². The minimum Gasteiger partial charge on any atom is -0.349 e. The SMILES string of the molecule is Cc1ccc(Cn2nc3n(Cc4ccccc4)c(=O)c4ccc(C(=O)NC5CCCC5)cc4n3c2=O)cc1. The average molecular weight is 508 g/mol. The Hall–Kier alpha value is -4.46. The lowest BCUT2D eigenvalue weighted by atomic mass is 10.1. The normalized spacial score (nSPS) is 13.9. The van der Waals surface area contributed by atoms with E-state index in [-0.39, 0.29) is 42.1 Å². The van der Waals surface area contributed by atoms with Crippen LogP contribution in [0, 0.1) is 6.92 Å². The molecule has 5 aromatic rings. The third-order valence-corrected chi connectivity index (χ3v) is 7.37. The molecule has 0 radical (unpaired) electrons. The smallest absolute Gasteiger partial charge is 0.349 e. The van der Waals surface area contributed by atoms with Crippen molar-refractivity contribution in [3.8, 4) is 0 Å². The molecule has 0 saturated heterocycles. The van der Waals surface area contributed by atoms with Crippen molar-refractivity contribution in [1.29, 1.82) is 0 Å². The number of rotatable bonds is 6. The van der Waals surface area contributed by atoms with Crippen LogP contribution in [0.4, 0.5) is 0 Å². The summed E-state index contributed by atoms with van der Waals surface area (Å²) >= 11 is 0. The third-order valence-electron chi connectivity index (χ3n) is 7.37. The minimum atomic E-state index is -0.360. The highest BCUT2D eigenvalue weighted by Crippen LogP contribution is 2.20. The van der Waals surface area contributed by atoms with Crippen LogP contribution in [0.5, 0.6) is 0 Å². The lowest BCUT2D eigenvalue weighted by molar-refractivity contribution is 0.0938. The molecule has 3 aromatic carbocycles. The summed E-state index contributed by atoms with van der Waals surface area (Å²) in [5.41, 5.74) is 3.16. The predicted molar refractivity (Wildman–Crippen MR) is 147 cm³/mol. The summed E-state index contributed by atoms with van der Waals surface area (Å²) in [7, 11) is 0. The number of amides is 1. The number of carbonyl (C=O) groups is 1. The van der Waals surface area contributed by atoms with Crippen molar-refractivity contribution in [1.82, 2.24) is 24.1 Å². The lowest BCUT2D eigenvalue weighted by Gasteiger charge is -2.13. The fourth-order valence-electron chi connectivity index (χ4n) is 5.27. The van der Waals surface area contributed by atoms with E-state index in [2.05, 4.69) is 10.4 Å². The summed E-state index contributed by atoms with van der Waals surface area (Å²) < 4.78 is 4.37. The molecular weight excluding hydrogens is 478 g/mol. The fourth-order valence-corrected chi connectivity index (χ4v) is 5.27. The number of hydrogen-bond donors (Lipinski definition) is 1. The first-order valence-electron chi connectivity index (χ1n) is 13.0. The van der Waals surface area contributed by atoms with Gasteiger partial charge in [-0.1, -0.05) is 73.0 Å². The van der Waals surface area contributed by atoms with Gasteiger partial charge in [0.1, 0.15) is 0 Å². The zero-order chi connectivity index (χ0) is 26.2. The first-order chi connectivity index (χ1) is 18.5. The number of nitrogens with one attached hydrogen (secondary N) is 1. The number of benzene rings is 3. The summed E-state index contributed by atoms with van der Waals surface area (Å²) in [6.07, 6.45) is 4.16. The molecule has 1 aliphatic rings. The largest absolute Gasteiger partial charge is 0.352 e. The van der Waals surface area contributed by atoms with Crippen LogP contribution < -0.4 is 16.6 Å². The number of hydrogen-bond acceptors (Lipinski definition) is 4. The molecule has 0 bridgehead atoms. The first kappa shape index (κ1) is 23.9. The average Bonchev–Trinajstić information content (AvgIpc) is 3.56. The number of carbonyl (C=O) groups excluding carboxylic acids is 1. The molecule has 2 aromatic heterocycles. The highest BCUT2D eigenvalue weighted by Gasteiger charge is 2.21. The molecule has 38 heavy (non-hydrogen) atoms. The number of fused-ring (bicyclic) bond motifs is 3. The lowest BCUT2D eigenvalue weighted by Crippen LogP contribution is -2.33. The van der Waals surface area contributed by atoms with E-state index in [0.29, 0.717) is 16.5 Å². The van der Waals surface area contributed by atoms with E-state index in [1.165, 1.54) is 13.6 Å². The Balaban J connectivity index is 1.52. The van der Waals surface area contributed by atoms with Crippen molar-refractivity contribution in [3.05, 3.63) is 116 Å². The first-order valence-corrected chi connectivity index (χ1v) is 13.0. The van der Waals surface area contributed by atoms with Crippen LogP contribution in [0.2, 0.25) is 0 Å². The van der Waals surface area contributed by atoms with E-state index in [0.717, 1.165) is 42.4 Å². The molecule has 2 heterocycles. The van der Waals surface area contributed by atoms with Crippen LogP contribution in [-0.4, -0.2) is 30.7 Å². The molecule has 0 atom stereocenters. The van der Waals surface area contributed by atoms with Crippen LogP contribution in [-0.2, 0) is 13.1 Å². The number of aryl methyl sites for hydroxylation is 1. The van der Waals surface area contributed by atoms with Crippen molar-refractivity contribution in [2.45, 2.75) is 51.7 Å². The van der Waals surface area contributed by atoms with Crippen LogP contribution in [0.3, 0.4) is 0 Å². The molecule has 0 spiro atoms. The number of aromatic nitrogens is 4. The monoisotopic (exact) mass is 507 g/mol. The van der Waals surface area contributed by atoms with Gasteiger partial charge in [0.25, 0.3) is 11.5 Å². The Kier molecular flexibility index (Phi) is 6.15. The van der Waals surface area contributed by atoms with Gasteiger partial charge in [0.2, 0.25) is 5.78 Å². The van der Waals surface area contributed by atoms with Crippen LogP contribution >= 0.6 is 0 Å². The highest BCUT2D eigenvalue weighted by molar-refractivity contribution is 5.98. The Bertz CT molecular complexity index is 1760. The molecule has 8 heteroatoms. The van der Waals surface area contributed by atoms with Crippen LogP contribution in [0.25, 0.3) is 16.7 Å². The van der Waals surface area contributed by atoms with Gasteiger partial charge < -0.3 is 5.32 Å². The Morgan fingerprint density at radius 3 is 2.37 bits per heavy atom. The summed E-state index contributed by atoms with van der Waals surface area (Å²) in [4.78, 5) is 40.5. The summed E-state index contributed by atoms with van der Waals surface area (Å²) in [6, 6.07) is 22.6. The number of nitrogens with zero attached hydrogens (tertiary/aromatic N) is 4. The predicted octanol–water partition coefficient (Wildman–Crippen LogP) is 3.89. The highest BCUT2D eigenvalue weighted by atomic mass is 16.2. The van der Waals surface area contributed by atoms with Crippen molar-refractivity contribution in [2.75, 3.05) is 0 Å². The van der Waals surface area contributed by atoms with E-state index in [4.69, 9.17) is 0 Å². The topological polar surface area (TPSA) is 90.4 Å². The molecule has 1 aliphatic carbocycles. The standard InChI is InChI=1S/C30H29N5O3/c1-20-11-13-22(14-12-20)19-34-30(38)35-26-17-23(27(36)31-24-9-5-6-10-24)15-16-25(26)28(37)33(29(35)32-34)18-21-7-3-2-4-8-21/h2-4,7-8,11-17,24H,5-6,9-10,18-19H2,1H3,(H,31,36). The second-order valence-electron chi connectivity index (χ2n) is 10.1. The molecule has 1 amide bonds. The quantitative estimate of drug-likeness (QED) is 0.378. The second-order valence-corrected chi connectivity index (χ2v) is 10.1. The summed E-state index contributed by atoms with van der Waals surface area (Å²) in [5, 5.41) is 8.08. The Morgan fingerprint density at radius 1 is 0.921 bits per heavy atom. The van der Waals surface area contributed by atoms with Gasteiger partial charge in [0.05, 0.1) is 24.0 Å². The van der Waals surface area contributed by atoms with Gasteiger partial charge in [0.15, 0.2) is 0 Å². The Morgan fingerprint density at radius 2 is 1.63 bits per heavy atom. The van der Waals surface area contributed by atoms with Gasteiger partial charge in [-0.05, 0) is 49.1 Å². The van der Waals surface area contributed by atoms with Crippen molar-refractivity contribution >= 4 is 22.6 Å². The molecule has 8 nitrogen and oxygen atoms in total. The maximum atomic E-state index is 13.7. The molecule has 6 rings (SSSR count). The van der Waals surface area contributed by atoms with E-state index < -0.39 is 0 Å². The van der Waals surface area contributed by atoms with Gasteiger partial charge >= 0.3 is 5.69 Å². The van der Waals surface area contributed by atoms with E-state index in [1.807, 2.05) is 61.5 Å². The molecule has 0 unspecified atom stereocenters. The van der Waals surface area contributed by atoms with Crippen molar-refractivity contribution < 1.29 is 4.79 Å². The molecule has 0 aliphatic heterocycles. The maximum Gasteiger partial charge on any atom is 0.352 e. The zero-order valence-corrected chi connectivity index (χ0v) is 21.3. The van der Waals surface area contributed by atoms with Crippen molar-refractivity contribution in [3.63, 3.8) is 0 Å². The minimum absolute atomic E-state index is 0.164. The van der Waals surface area contributed by atoms with Crippen LogP contribution in [0.1, 0.15) is 52.7 Å². The fraction of sp³-hybridized carbons (Fsp3) is 0.267. The van der Waals surface area contributed by atoms with E-state index in [1.54, 1.807) is 18.2 Å². The Labute approximate surface area is 219 Å². The van der Waals surface area contributed by atoms with Gasteiger partial charge in [-0.3, -0.25) is 14.2 Å². The third kappa shape index (κ3) is 4.42. The molecule has 192 valence electrons. The molecule has 1 N–H and O–H groups in total. The molecule has 1 saturated carbocycles. The van der Waals surface area contributed by atoms with E-state index in [9.17, 15) is 14.4 Å². The maximum absolute atomic E-state index is 13.7. The summed E-state index contributed by atoms with van der Waals surface area (Å²) in [6.45, 7) is 2.55. The van der Waals surface area contributed by atoms with Gasteiger partial charge in [0, 0.05) is 11.6 Å². The second kappa shape index (κ2) is 9.78. The van der Waals surface area contributed by atoms with Gasteiger partial charge in [-0.2, -0.15) is 0 Å². The van der Waals surface area contributed by atoms with Gasteiger partial charge in [-0.25, -0.2) is 13.9 Å².